The molecule has 0 aliphatic carbocycles. The minimum absolute atomic E-state index is 0.123. The van der Waals surface area contributed by atoms with Crippen molar-refractivity contribution in [1.29, 1.82) is 0 Å². The number of halogens is 1. The van der Waals surface area contributed by atoms with E-state index in [0.717, 1.165) is 5.56 Å². The molecule has 0 aliphatic rings. The molecule has 3 aromatic rings. The molecular weight excluding hydrogens is 259 g/mol. The van der Waals surface area contributed by atoms with Gasteiger partial charge in [-0.1, -0.05) is 12.1 Å². The van der Waals surface area contributed by atoms with Crippen molar-refractivity contribution in [3.63, 3.8) is 0 Å². The quantitative estimate of drug-likeness (QED) is 0.742. The fourth-order valence-electron chi connectivity index (χ4n) is 1.95. The van der Waals surface area contributed by atoms with Gasteiger partial charge in [0.2, 0.25) is 5.89 Å². The molecule has 4 nitrogen and oxygen atoms in total. The summed E-state index contributed by atoms with van der Waals surface area (Å²) < 4.78 is 24.2. The van der Waals surface area contributed by atoms with Gasteiger partial charge >= 0.3 is 0 Å². The maximum atomic E-state index is 13.2. The zero-order valence-corrected chi connectivity index (χ0v) is 10.9. The summed E-state index contributed by atoms with van der Waals surface area (Å²) in [6.07, 6.45) is 0. The van der Waals surface area contributed by atoms with Gasteiger partial charge in [0.1, 0.15) is 17.1 Å². The second-order valence-corrected chi connectivity index (χ2v) is 4.50. The lowest BCUT2D eigenvalue weighted by Gasteiger charge is -2.06. The van der Waals surface area contributed by atoms with Gasteiger partial charge in [-0.05, 0) is 30.7 Å². The maximum Gasteiger partial charge on any atom is 0.233 e. The van der Waals surface area contributed by atoms with E-state index < -0.39 is 0 Å². The summed E-state index contributed by atoms with van der Waals surface area (Å²) in [6, 6.07) is 9.73. The lowest BCUT2D eigenvalue weighted by Crippen LogP contribution is -1.97. The third kappa shape index (κ3) is 2.30. The molecule has 1 heterocycles. The van der Waals surface area contributed by atoms with Gasteiger partial charge in [-0.15, -0.1) is 0 Å². The third-order valence-electron chi connectivity index (χ3n) is 3.00. The Morgan fingerprint density at radius 1 is 1.30 bits per heavy atom. The van der Waals surface area contributed by atoms with Crippen LogP contribution in [0, 0.1) is 12.7 Å². The largest absolute Gasteiger partial charge is 0.483 e. The summed E-state index contributed by atoms with van der Waals surface area (Å²) in [5.41, 5.74) is 8.44. The molecule has 5 heteroatoms. The van der Waals surface area contributed by atoms with Crippen LogP contribution in [0.25, 0.3) is 11.1 Å². The number of fused-ring (bicyclic) bond motifs is 1. The zero-order valence-electron chi connectivity index (χ0n) is 10.9. The van der Waals surface area contributed by atoms with Gasteiger partial charge in [-0.2, -0.15) is 0 Å². The number of rotatable bonds is 3. The van der Waals surface area contributed by atoms with Crippen molar-refractivity contribution in [2.45, 2.75) is 13.5 Å². The normalized spacial score (nSPS) is 10.9. The van der Waals surface area contributed by atoms with E-state index in [9.17, 15) is 4.39 Å². The van der Waals surface area contributed by atoms with Crippen LogP contribution in [0.5, 0.6) is 5.75 Å². The zero-order chi connectivity index (χ0) is 14.1. The van der Waals surface area contributed by atoms with Gasteiger partial charge < -0.3 is 14.9 Å². The SMILES string of the molecule is Cc1ccc(F)cc1OCc1nc2c(N)cccc2o1. The average Bonchev–Trinajstić information content (AvgIpc) is 2.84. The third-order valence-corrected chi connectivity index (χ3v) is 3.00. The first-order valence-electron chi connectivity index (χ1n) is 6.16. The van der Waals surface area contributed by atoms with E-state index in [4.69, 9.17) is 14.9 Å². The Hall–Kier alpha value is -2.56. The summed E-state index contributed by atoms with van der Waals surface area (Å²) in [5, 5.41) is 0. The first-order valence-corrected chi connectivity index (χ1v) is 6.16. The highest BCUT2D eigenvalue weighted by atomic mass is 19.1. The maximum absolute atomic E-state index is 13.2. The van der Waals surface area contributed by atoms with E-state index in [1.807, 2.05) is 6.92 Å². The van der Waals surface area contributed by atoms with Crippen molar-refractivity contribution >= 4 is 16.8 Å². The molecule has 0 radical (unpaired) electrons. The van der Waals surface area contributed by atoms with Crippen LogP contribution >= 0.6 is 0 Å². The number of nitrogen functional groups attached to an aromatic ring is 1. The molecule has 0 atom stereocenters. The molecule has 0 unspecified atom stereocenters. The highest BCUT2D eigenvalue weighted by molar-refractivity contribution is 5.85. The Kier molecular flexibility index (Phi) is 3.02. The van der Waals surface area contributed by atoms with Crippen LogP contribution in [0.3, 0.4) is 0 Å². The Bertz CT molecular complexity index is 768. The van der Waals surface area contributed by atoms with E-state index in [2.05, 4.69) is 4.98 Å². The van der Waals surface area contributed by atoms with Crippen LogP contribution in [0.2, 0.25) is 0 Å². The first kappa shape index (κ1) is 12.5. The van der Waals surface area contributed by atoms with Crippen LogP contribution < -0.4 is 10.5 Å². The van der Waals surface area contributed by atoms with Crippen molar-refractivity contribution in [2.24, 2.45) is 0 Å². The minimum atomic E-state index is -0.340. The van der Waals surface area contributed by atoms with Crippen LogP contribution in [-0.2, 0) is 6.61 Å². The number of nitrogens with two attached hydrogens (primary N) is 1. The molecule has 0 fully saturated rings. The highest BCUT2D eigenvalue weighted by Crippen LogP contribution is 2.23. The van der Waals surface area contributed by atoms with Crippen LogP contribution in [0.1, 0.15) is 11.5 Å². The lowest BCUT2D eigenvalue weighted by molar-refractivity contribution is 0.264. The van der Waals surface area contributed by atoms with E-state index >= 15 is 0 Å². The van der Waals surface area contributed by atoms with E-state index in [0.29, 0.717) is 28.4 Å². The topological polar surface area (TPSA) is 61.3 Å². The Balaban J connectivity index is 1.83. The second-order valence-electron chi connectivity index (χ2n) is 4.50. The van der Waals surface area contributed by atoms with Gasteiger partial charge in [-0.25, -0.2) is 9.37 Å². The van der Waals surface area contributed by atoms with E-state index in [-0.39, 0.29) is 12.4 Å². The predicted octanol–water partition coefficient (Wildman–Crippen LogP) is 3.44. The van der Waals surface area contributed by atoms with Crippen LogP contribution in [-0.4, -0.2) is 4.98 Å². The number of anilines is 1. The summed E-state index contributed by atoms with van der Waals surface area (Å²) in [5.74, 6) is 0.536. The molecule has 102 valence electrons. The van der Waals surface area contributed by atoms with Crippen LogP contribution in [0.15, 0.2) is 40.8 Å². The Labute approximate surface area is 115 Å². The monoisotopic (exact) mass is 272 g/mol. The van der Waals surface area contributed by atoms with Crippen molar-refractivity contribution in [3.8, 4) is 5.75 Å². The molecule has 0 saturated heterocycles. The van der Waals surface area contributed by atoms with Gasteiger partial charge in [0.25, 0.3) is 0 Å². The fourth-order valence-corrected chi connectivity index (χ4v) is 1.95. The number of ether oxygens (including phenoxy) is 1. The Morgan fingerprint density at radius 3 is 2.95 bits per heavy atom. The van der Waals surface area contributed by atoms with E-state index in [1.54, 1.807) is 24.3 Å². The van der Waals surface area contributed by atoms with E-state index in [1.165, 1.54) is 12.1 Å². The smallest absolute Gasteiger partial charge is 0.233 e. The van der Waals surface area contributed by atoms with Gasteiger partial charge in [0, 0.05) is 6.07 Å². The molecule has 2 N–H and O–H groups in total. The number of para-hydroxylation sites is 1. The summed E-state index contributed by atoms with van der Waals surface area (Å²) >= 11 is 0. The standard InChI is InChI=1S/C15H13FN2O2/c1-9-5-6-10(16)7-13(9)19-8-14-18-15-11(17)3-2-4-12(15)20-14/h2-7H,8,17H2,1H3. The van der Waals surface area contributed by atoms with Gasteiger partial charge in [-0.3, -0.25) is 0 Å². The number of oxazole rings is 1. The molecule has 0 bridgehead atoms. The number of nitrogens with zero attached hydrogens (tertiary/aromatic N) is 1. The van der Waals surface area contributed by atoms with Crippen LogP contribution in [0.4, 0.5) is 10.1 Å². The number of aromatic nitrogens is 1. The average molecular weight is 272 g/mol. The Morgan fingerprint density at radius 2 is 2.15 bits per heavy atom. The molecule has 0 amide bonds. The number of hydrogen-bond donors (Lipinski definition) is 1. The van der Waals surface area contributed by atoms with Crippen molar-refractivity contribution in [2.75, 3.05) is 5.73 Å². The van der Waals surface area contributed by atoms with Crippen molar-refractivity contribution in [3.05, 3.63) is 53.7 Å². The predicted molar refractivity (Wildman–Crippen MR) is 73.9 cm³/mol. The van der Waals surface area contributed by atoms with Gasteiger partial charge in [0.05, 0.1) is 5.69 Å². The molecular formula is C15H13FN2O2. The molecule has 0 aliphatic heterocycles. The molecule has 1 aromatic heterocycles. The highest BCUT2D eigenvalue weighted by Gasteiger charge is 2.09. The first-order chi connectivity index (χ1) is 9.63. The molecule has 20 heavy (non-hydrogen) atoms. The fraction of sp³-hybridized carbons (Fsp3) is 0.133. The molecule has 0 spiro atoms. The number of hydrogen-bond acceptors (Lipinski definition) is 4. The summed E-state index contributed by atoms with van der Waals surface area (Å²) in [6.45, 7) is 1.97. The molecule has 0 saturated carbocycles. The molecule has 2 aromatic carbocycles. The minimum Gasteiger partial charge on any atom is -0.483 e. The summed E-state index contributed by atoms with van der Waals surface area (Å²) in [7, 11) is 0. The molecule has 3 rings (SSSR count). The van der Waals surface area contributed by atoms with Gasteiger partial charge in [0.15, 0.2) is 12.2 Å². The van der Waals surface area contributed by atoms with Crippen molar-refractivity contribution < 1.29 is 13.5 Å². The van der Waals surface area contributed by atoms with Crippen molar-refractivity contribution in [1.82, 2.24) is 4.98 Å². The summed E-state index contributed by atoms with van der Waals surface area (Å²) in [4.78, 5) is 4.27. The second kappa shape index (κ2) is 4.85. The number of benzene rings is 2. The number of aryl methyl sites for hydroxylation is 1. The lowest BCUT2D eigenvalue weighted by atomic mass is 10.2.